The van der Waals surface area contributed by atoms with Gasteiger partial charge in [-0.3, -0.25) is 9.69 Å². The second-order valence-electron chi connectivity index (χ2n) is 4.30. The molecule has 110 valence electrons. The summed E-state index contributed by atoms with van der Waals surface area (Å²) >= 11 is 0. The average Bonchev–Trinajstić information content (AvgIpc) is 2.75. The SMILES string of the molecule is C=CCN1C(=O)N/C(=C/c2ccc(OC)cc2OC)C1=O. The van der Waals surface area contributed by atoms with Gasteiger partial charge in [-0.1, -0.05) is 6.08 Å². The number of methoxy groups -OCH3 is 2. The van der Waals surface area contributed by atoms with Crippen LogP contribution in [0.2, 0.25) is 0 Å². The zero-order valence-corrected chi connectivity index (χ0v) is 11.9. The summed E-state index contributed by atoms with van der Waals surface area (Å²) in [7, 11) is 3.08. The largest absolute Gasteiger partial charge is 0.497 e. The molecule has 1 aliphatic rings. The van der Waals surface area contributed by atoms with E-state index in [1.54, 1.807) is 31.4 Å². The van der Waals surface area contributed by atoms with Crippen molar-refractivity contribution in [3.63, 3.8) is 0 Å². The molecule has 0 unspecified atom stereocenters. The van der Waals surface area contributed by atoms with Crippen LogP contribution in [0.4, 0.5) is 4.79 Å². The monoisotopic (exact) mass is 288 g/mol. The maximum atomic E-state index is 12.1. The fourth-order valence-corrected chi connectivity index (χ4v) is 1.96. The van der Waals surface area contributed by atoms with E-state index in [-0.39, 0.29) is 12.2 Å². The summed E-state index contributed by atoms with van der Waals surface area (Å²) in [6.07, 6.45) is 3.07. The summed E-state index contributed by atoms with van der Waals surface area (Å²) < 4.78 is 10.4. The Balaban J connectivity index is 2.34. The van der Waals surface area contributed by atoms with E-state index in [1.165, 1.54) is 13.2 Å². The molecule has 1 saturated heterocycles. The lowest BCUT2D eigenvalue weighted by Crippen LogP contribution is -2.30. The van der Waals surface area contributed by atoms with E-state index in [4.69, 9.17) is 9.47 Å². The predicted octanol–water partition coefficient (Wildman–Crippen LogP) is 1.78. The number of nitrogens with zero attached hydrogens (tertiary/aromatic N) is 1. The van der Waals surface area contributed by atoms with Gasteiger partial charge < -0.3 is 14.8 Å². The summed E-state index contributed by atoms with van der Waals surface area (Å²) in [5.41, 5.74) is 0.868. The minimum absolute atomic E-state index is 0.168. The zero-order valence-electron chi connectivity index (χ0n) is 11.9. The molecule has 2 rings (SSSR count). The molecule has 0 spiro atoms. The highest BCUT2D eigenvalue weighted by atomic mass is 16.5. The van der Waals surface area contributed by atoms with Crippen LogP contribution in [0, 0.1) is 0 Å². The van der Waals surface area contributed by atoms with Gasteiger partial charge in [0.25, 0.3) is 5.91 Å². The quantitative estimate of drug-likeness (QED) is 0.509. The molecule has 1 aromatic rings. The van der Waals surface area contributed by atoms with Gasteiger partial charge in [0.05, 0.1) is 14.2 Å². The fraction of sp³-hybridized carbons (Fsp3) is 0.200. The Bertz CT molecular complexity index is 622. The molecule has 0 saturated carbocycles. The Morgan fingerprint density at radius 2 is 2.05 bits per heavy atom. The van der Waals surface area contributed by atoms with Crippen LogP contribution in [0.25, 0.3) is 6.08 Å². The number of nitrogens with one attached hydrogen (secondary N) is 1. The van der Waals surface area contributed by atoms with Crippen LogP contribution in [0.15, 0.2) is 36.6 Å². The number of amides is 3. The van der Waals surface area contributed by atoms with Crippen molar-refractivity contribution >= 4 is 18.0 Å². The molecule has 1 aliphatic heterocycles. The third-order valence-corrected chi connectivity index (χ3v) is 3.01. The number of imide groups is 1. The minimum Gasteiger partial charge on any atom is -0.497 e. The molecule has 1 N–H and O–H groups in total. The first-order valence-electron chi connectivity index (χ1n) is 6.28. The number of benzene rings is 1. The zero-order chi connectivity index (χ0) is 15.4. The van der Waals surface area contributed by atoms with Crippen molar-refractivity contribution in [2.45, 2.75) is 0 Å². The molecule has 0 aliphatic carbocycles. The number of urea groups is 1. The summed E-state index contributed by atoms with van der Waals surface area (Å²) in [5, 5.41) is 2.53. The number of carbonyl (C=O) groups excluding carboxylic acids is 2. The van der Waals surface area contributed by atoms with Gasteiger partial charge >= 0.3 is 6.03 Å². The highest BCUT2D eigenvalue weighted by Crippen LogP contribution is 2.27. The van der Waals surface area contributed by atoms with E-state index < -0.39 is 11.9 Å². The summed E-state index contributed by atoms with van der Waals surface area (Å²) in [5.74, 6) is 0.799. The molecule has 0 aromatic heterocycles. The van der Waals surface area contributed by atoms with Crippen LogP contribution >= 0.6 is 0 Å². The van der Waals surface area contributed by atoms with E-state index >= 15 is 0 Å². The van der Waals surface area contributed by atoms with Crippen LogP contribution in [0.3, 0.4) is 0 Å². The molecule has 6 nitrogen and oxygen atoms in total. The van der Waals surface area contributed by atoms with Crippen molar-refractivity contribution in [3.05, 3.63) is 42.1 Å². The van der Waals surface area contributed by atoms with Crippen LogP contribution in [-0.4, -0.2) is 37.6 Å². The van der Waals surface area contributed by atoms with Gasteiger partial charge in [-0.15, -0.1) is 6.58 Å². The van der Waals surface area contributed by atoms with E-state index in [9.17, 15) is 9.59 Å². The Labute approximate surface area is 122 Å². The normalized spacial score (nSPS) is 16.1. The van der Waals surface area contributed by atoms with Crippen LogP contribution < -0.4 is 14.8 Å². The molecule has 1 aromatic carbocycles. The average molecular weight is 288 g/mol. The first-order chi connectivity index (χ1) is 10.1. The molecule has 0 radical (unpaired) electrons. The third kappa shape index (κ3) is 2.89. The molecule has 21 heavy (non-hydrogen) atoms. The lowest BCUT2D eigenvalue weighted by Gasteiger charge is -2.08. The second kappa shape index (κ2) is 6.13. The summed E-state index contributed by atoms with van der Waals surface area (Å²) in [4.78, 5) is 24.9. The lowest BCUT2D eigenvalue weighted by molar-refractivity contribution is -0.122. The Morgan fingerprint density at radius 1 is 1.29 bits per heavy atom. The van der Waals surface area contributed by atoms with Crippen LogP contribution in [0.1, 0.15) is 5.56 Å². The van der Waals surface area contributed by atoms with Crippen molar-refractivity contribution in [2.24, 2.45) is 0 Å². The van der Waals surface area contributed by atoms with E-state index in [1.807, 2.05) is 0 Å². The van der Waals surface area contributed by atoms with E-state index in [0.29, 0.717) is 17.1 Å². The van der Waals surface area contributed by atoms with Gasteiger partial charge in [-0.25, -0.2) is 4.79 Å². The summed E-state index contributed by atoms with van der Waals surface area (Å²) in [6, 6.07) is 4.74. The number of carbonyl (C=O) groups is 2. The van der Waals surface area contributed by atoms with Crippen LogP contribution in [-0.2, 0) is 4.79 Å². The number of hydrogen-bond acceptors (Lipinski definition) is 4. The van der Waals surface area contributed by atoms with Gasteiger partial charge in [-0.05, 0) is 18.2 Å². The van der Waals surface area contributed by atoms with Gasteiger partial charge in [-0.2, -0.15) is 0 Å². The lowest BCUT2D eigenvalue weighted by atomic mass is 10.1. The first kappa shape index (κ1) is 14.6. The predicted molar refractivity (Wildman–Crippen MR) is 78.0 cm³/mol. The Kier molecular flexibility index (Phi) is 4.27. The molecular formula is C15H16N2O4. The van der Waals surface area contributed by atoms with Crippen molar-refractivity contribution in [1.29, 1.82) is 0 Å². The fourth-order valence-electron chi connectivity index (χ4n) is 1.96. The van der Waals surface area contributed by atoms with E-state index in [2.05, 4.69) is 11.9 Å². The van der Waals surface area contributed by atoms with Crippen molar-refractivity contribution in [1.82, 2.24) is 10.2 Å². The molecule has 0 bridgehead atoms. The van der Waals surface area contributed by atoms with E-state index in [0.717, 1.165) is 4.90 Å². The number of rotatable bonds is 5. The van der Waals surface area contributed by atoms with Crippen molar-refractivity contribution in [2.75, 3.05) is 20.8 Å². The van der Waals surface area contributed by atoms with Gasteiger partial charge in [0.15, 0.2) is 0 Å². The molecule has 6 heteroatoms. The van der Waals surface area contributed by atoms with Crippen LogP contribution in [0.5, 0.6) is 11.5 Å². The topological polar surface area (TPSA) is 67.9 Å². The first-order valence-corrected chi connectivity index (χ1v) is 6.28. The highest BCUT2D eigenvalue weighted by Gasteiger charge is 2.32. The van der Waals surface area contributed by atoms with Gasteiger partial charge in [0.1, 0.15) is 17.2 Å². The summed E-state index contributed by atoms with van der Waals surface area (Å²) in [6.45, 7) is 3.69. The molecule has 0 atom stereocenters. The number of hydrogen-bond donors (Lipinski definition) is 1. The Hall–Kier alpha value is -2.76. The standard InChI is InChI=1S/C15H16N2O4/c1-4-7-17-14(18)12(16-15(17)19)8-10-5-6-11(20-2)9-13(10)21-3/h4-6,8-9H,1,7H2,2-3H3,(H,16,19)/b12-8+. The second-order valence-corrected chi connectivity index (χ2v) is 4.30. The van der Waals surface area contributed by atoms with Gasteiger partial charge in [0, 0.05) is 18.2 Å². The van der Waals surface area contributed by atoms with Crippen molar-refractivity contribution in [3.8, 4) is 11.5 Å². The van der Waals surface area contributed by atoms with Crippen molar-refractivity contribution < 1.29 is 19.1 Å². The minimum atomic E-state index is -0.460. The molecule has 1 heterocycles. The third-order valence-electron chi connectivity index (χ3n) is 3.01. The molecule has 1 fully saturated rings. The molecule has 3 amide bonds. The smallest absolute Gasteiger partial charge is 0.329 e. The highest BCUT2D eigenvalue weighted by molar-refractivity contribution is 6.14. The maximum Gasteiger partial charge on any atom is 0.329 e. The molecular weight excluding hydrogens is 272 g/mol. The van der Waals surface area contributed by atoms with Gasteiger partial charge in [0.2, 0.25) is 0 Å². The number of ether oxygens (including phenoxy) is 2. The maximum absolute atomic E-state index is 12.1. The Morgan fingerprint density at radius 3 is 2.67 bits per heavy atom.